The number of benzene rings is 2. The van der Waals surface area contributed by atoms with Crippen molar-refractivity contribution in [3.05, 3.63) is 53.3 Å². The number of amides is 1. The van der Waals surface area contributed by atoms with E-state index >= 15 is 0 Å². The van der Waals surface area contributed by atoms with Crippen LogP contribution in [-0.4, -0.2) is 46.9 Å². The minimum Gasteiger partial charge on any atom is -0.487 e. The number of ether oxygens (including phenoxy) is 2. The molecular formula is C22H21F4NO5. The van der Waals surface area contributed by atoms with Crippen molar-refractivity contribution in [1.82, 2.24) is 4.90 Å². The fraction of sp³-hybridized carbons (Fsp3) is 0.364. The zero-order valence-electron chi connectivity index (χ0n) is 17.5. The molecule has 2 aromatic carbocycles. The van der Waals surface area contributed by atoms with Crippen LogP contribution in [0, 0.1) is 5.82 Å². The Labute approximate surface area is 181 Å². The molecule has 0 bridgehead atoms. The highest BCUT2D eigenvalue weighted by atomic mass is 19.4. The molecule has 1 N–H and O–H groups in total. The molecule has 1 heterocycles. The molecule has 0 saturated carbocycles. The molecule has 0 aliphatic carbocycles. The van der Waals surface area contributed by atoms with Crippen LogP contribution >= 0.6 is 0 Å². The Bertz CT molecular complexity index is 1040. The summed E-state index contributed by atoms with van der Waals surface area (Å²) >= 11 is 0. The zero-order chi connectivity index (χ0) is 23.8. The van der Waals surface area contributed by atoms with Crippen LogP contribution in [0.25, 0.3) is 11.1 Å². The molecule has 6 nitrogen and oxygen atoms in total. The van der Waals surface area contributed by atoms with Crippen LogP contribution < -0.4 is 4.74 Å². The van der Waals surface area contributed by atoms with Crippen molar-refractivity contribution < 1.29 is 41.7 Å². The van der Waals surface area contributed by atoms with Crippen molar-refractivity contribution in [1.29, 1.82) is 0 Å². The molecule has 1 saturated heterocycles. The van der Waals surface area contributed by atoms with Gasteiger partial charge in [0.05, 0.1) is 24.2 Å². The second kappa shape index (κ2) is 8.33. The highest BCUT2D eigenvalue weighted by Gasteiger charge is 2.36. The Morgan fingerprint density at radius 2 is 1.75 bits per heavy atom. The van der Waals surface area contributed by atoms with E-state index in [9.17, 15) is 32.3 Å². The maximum Gasteiger partial charge on any atom is 0.419 e. The van der Waals surface area contributed by atoms with Gasteiger partial charge in [0.25, 0.3) is 0 Å². The smallest absolute Gasteiger partial charge is 0.419 e. The quantitative estimate of drug-likeness (QED) is 0.641. The molecule has 1 fully saturated rings. The lowest BCUT2D eigenvalue weighted by Gasteiger charge is -2.39. The number of nitrogens with zero attached hydrogens (tertiary/aromatic N) is 1. The van der Waals surface area contributed by atoms with Crippen molar-refractivity contribution >= 4 is 12.1 Å². The highest BCUT2D eigenvalue weighted by Crippen LogP contribution is 2.37. The lowest BCUT2D eigenvalue weighted by atomic mass is 9.99. The lowest BCUT2D eigenvalue weighted by Crippen LogP contribution is -2.57. The van der Waals surface area contributed by atoms with E-state index in [4.69, 9.17) is 9.47 Å². The number of carboxylic acid groups (broad SMARTS) is 1. The number of alkyl halides is 3. The number of carboxylic acids is 1. The second-order valence-corrected chi connectivity index (χ2v) is 8.34. The number of hydrogen-bond donors (Lipinski definition) is 1. The predicted octanol–water partition coefficient (Wildman–Crippen LogP) is 5.21. The summed E-state index contributed by atoms with van der Waals surface area (Å²) in [6, 6.07) is 6.30. The van der Waals surface area contributed by atoms with Gasteiger partial charge in [-0.3, -0.25) is 0 Å². The SMILES string of the molecule is CC(C)(C)OC(=O)N1CC(Oc2cc(C(=O)O)cc(-c3cccc(C(F)(F)F)c3F)c2)C1. The van der Waals surface area contributed by atoms with Crippen molar-refractivity contribution in [2.45, 2.75) is 38.7 Å². The summed E-state index contributed by atoms with van der Waals surface area (Å²) in [4.78, 5) is 24.9. The molecule has 172 valence electrons. The van der Waals surface area contributed by atoms with Gasteiger partial charge in [-0.15, -0.1) is 0 Å². The van der Waals surface area contributed by atoms with Gasteiger partial charge in [-0.2, -0.15) is 13.2 Å². The van der Waals surface area contributed by atoms with E-state index in [2.05, 4.69) is 0 Å². The third-order valence-electron chi connectivity index (χ3n) is 4.57. The minimum atomic E-state index is -4.90. The van der Waals surface area contributed by atoms with Crippen LogP contribution in [0.4, 0.5) is 22.4 Å². The first kappa shape index (κ1) is 23.4. The molecule has 32 heavy (non-hydrogen) atoms. The van der Waals surface area contributed by atoms with E-state index in [0.29, 0.717) is 6.07 Å². The van der Waals surface area contributed by atoms with Crippen molar-refractivity contribution in [3.63, 3.8) is 0 Å². The van der Waals surface area contributed by atoms with Gasteiger partial charge in [0.15, 0.2) is 0 Å². The molecule has 10 heteroatoms. The third-order valence-corrected chi connectivity index (χ3v) is 4.57. The highest BCUT2D eigenvalue weighted by molar-refractivity contribution is 5.90. The van der Waals surface area contributed by atoms with Gasteiger partial charge in [0.1, 0.15) is 23.3 Å². The molecule has 1 aliphatic heterocycles. The van der Waals surface area contributed by atoms with Crippen LogP contribution in [-0.2, 0) is 10.9 Å². The van der Waals surface area contributed by atoms with E-state index in [1.807, 2.05) is 0 Å². The Hall–Kier alpha value is -3.30. The van der Waals surface area contributed by atoms with Gasteiger partial charge >= 0.3 is 18.2 Å². The lowest BCUT2D eigenvalue weighted by molar-refractivity contribution is -0.139. The molecule has 0 spiro atoms. The second-order valence-electron chi connectivity index (χ2n) is 8.34. The summed E-state index contributed by atoms with van der Waals surface area (Å²) in [5, 5.41) is 9.36. The van der Waals surface area contributed by atoms with Crippen molar-refractivity contribution in [2.75, 3.05) is 13.1 Å². The fourth-order valence-electron chi connectivity index (χ4n) is 3.10. The largest absolute Gasteiger partial charge is 0.487 e. The number of carbonyl (C=O) groups excluding carboxylic acids is 1. The molecule has 3 rings (SSSR count). The van der Waals surface area contributed by atoms with Crippen molar-refractivity contribution in [2.24, 2.45) is 0 Å². The van der Waals surface area contributed by atoms with Gasteiger partial charge in [-0.05, 0) is 50.6 Å². The summed E-state index contributed by atoms with van der Waals surface area (Å²) in [6.45, 7) is 5.54. The first-order valence-corrected chi connectivity index (χ1v) is 9.63. The Balaban J connectivity index is 1.83. The summed E-state index contributed by atoms with van der Waals surface area (Å²) in [5.41, 5.74) is -2.88. The molecular weight excluding hydrogens is 434 g/mol. The van der Waals surface area contributed by atoms with E-state index < -0.39 is 46.9 Å². The average molecular weight is 455 g/mol. The normalized spacial score (nSPS) is 14.7. The maximum atomic E-state index is 14.6. The topological polar surface area (TPSA) is 76.1 Å². The number of aromatic carboxylic acids is 1. The average Bonchev–Trinajstić information content (AvgIpc) is 2.61. The van der Waals surface area contributed by atoms with Gasteiger partial charge in [-0.25, -0.2) is 14.0 Å². The van der Waals surface area contributed by atoms with Crippen LogP contribution in [0.15, 0.2) is 36.4 Å². The fourth-order valence-corrected chi connectivity index (χ4v) is 3.10. The van der Waals surface area contributed by atoms with E-state index in [0.717, 1.165) is 18.2 Å². The minimum absolute atomic E-state index is 0.0329. The Kier molecular flexibility index (Phi) is 6.08. The third kappa shape index (κ3) is 5.30. The molecule has 1 aliphatic rings. The van der Waals surface area contributed by atoms with Crippen LogP contribution in [0.3, 0.4) is 0 Å². The predicted molar refractivity (Wildman–Crippen MR) is 106 cm³/mol. The van der Waals surface area contributed by atoms with Gasteiger partial charge in [0.2, 0.25) is 0 Å². The van der Waals surface area contributed by atoms with E-state index in [1.165, 1.54) is 17.0 Å². The number of likely N-dealkylation sites (tertiary alicyclic amines) is 1. The van der Waals surface area contributed by atoms with E-state index in [-0.39, 0.29) is 30.0 Å². The molecule has 2 aromatic rings. The summed E-state index contributed by atoms with van der Waals surface area (Å²) in [6.07, 6.45) is -5.91. The molecule has 0 radical (unpaired) electrons. The summed E-state index contributed by atoms with van der Waals surface area (Å²) in [7, 11) is 0. The maximum absolute atomic E-state index is 14.6. The first-order valence-electron chi connectivity index (χ1n) is 9.63. The molecule has 0 unspecified atom stereocenters. The monoisotopic (exact) mass is 455 g/mol. The van der Waals surface area contributed by atoms with E-state index in [1.54, 1.807) is 20.8 Å². The number of rotatable bonds is 4. The number of halogens is 4. The molecule has 0 aromatic heterocycles. The molecule has 0 atom stereocenters. The van der Waals surface area contributed by atoms with Gasteiger partial charge in [-0.1, -0.05) is 12.1 Å². The standard InChI is InChI=1S/C22H21F4NO5/c1-21(2,3)32-20(30)27-10-15(11-27)31-14-8-12(7-13(9-14)19(28)29)16-5-4-6-17(18(16)23)22(24,25)26/h4-9,15H,10-11H2,1-3H3,(H,28,29). The van der Waals surface area contributed by atoms with Crippen LogP contribution in [0.5, 0.6) is 5.75 Å². The van der Waals surface area contributed by atoms with Crippen LogP contribution in [0.1, 0.15) is 36.7 Å². The Morgan fingerprint density at radius 1 is 1.09 bits per heavy atom. The summed E-state index contributed by atoms with van der Waals surface area (Å²) < 4.78 is 64.7. The summed E-state index contributed by atoms with van der Waals surface area (Å²) in [5.74, 6) is -2.83. The number of hydrogen-bond acceptors (Lipinski definition) is 4. The molecule has 1 amide bonds. The zero-order valence-corrected chi connectivity index (χ0v) is 17.5. The van der Waals surface area contributed by atoms with Gasteiger partial charge in [0, 0.05) is 5.56 Å². The van der Waals surface area contributed by atoms with Gasteiger partial charge < -0.3 is 19.5 Å². The first-order chi connectivity index (χ1) is 14.7. The van der Waals surface area contributed by atoms with Crippen LogP contribution in [0.2, 0.25) is 0 Å². The Morgan fingerprint density at radius 3 is 2.31 bits per heavy atom. The van der Waals surface area contributed by atoms with Crippen molar-refractivity contribution in [3.8, 4) is 16.9 Å². The number of carbonyl (C=O) groups is 2.